The molecule has 1 aliphatic rings. The number of para-hydroxylation sites is 1. The Balaban J connectivity index is 1.60. The summed E-state index contributed by atoms with van der Waals surface area (Å²) in [5.74, 6) is -0.662. The van der Waals surface area contributed by atoms with Crippen molar-refractivity contribution < 1.29 is 22.6 Å². The molecular formula is C31H29F3N2O3S. The number of nitrogens with zero attached hydrogens (tertiary/aromatic N) is 1. The van der Waals surface area contributed by atoms with Gasteiger partial charge in [0.2, 0.25) is 0 Å². The number of methoxy groups -OCH3 is 2. The van der Waals surface area contributed by atoms with Crippen LogP contribution in [0.5, 0.6) is 11.5 Å². The number of halogens is 3. The molecule has 0 amide bonds. The monoisotopic (exact) mass is 566 g/mol. The van der Waals surface area contributed by atoms with Gasteiger partial charge in [0.05, 0.1) is 30.9 Å². The fourth-order valence-corrected chi connectivity index (χ4v) is 6.59. The summed E-state index contributed by atoms with van der Waals surface area (Å²) in [6.07, 6.45) is -0.0765. The van der Waals surface area contributed by atoms with Crippen molar-refractivity contribution in [1.29, 1.82) is 0 Å². The Bertz CT molecular complexity index is 1600. The molecule has 9 heteroatoms. The third kappa shape index (κ3) is 5.11. The molecule has 5 nitrogen and oxygen atoms in total. The number of ether oxygens (including phenoxy) is 2. The molecule has 3 aromatic carbocycles. The Morgan fingerprint density at radius 3 is 2.33 bits per heavy atom. The van der Waals surface area contributed by atoms with Crippen LogP contribution in [0, 0.1) is 24.4 Å². The molecule has 0 spiro atoms. The van der Waals surface area contributed by atoms with Crippen molar-refractivity contribution in [1.82, 2.24) is 9.88 Å². The van der Waals surface area contributed by atoms with Crippen LogP contribution in [0.2, 0.25) is 0 Å². The summed E-state index contributed by atoms with van der Waals surface area (Å²) in [5.41, 5.74) is 1.85. The topological polar surface area (TPSA) is 52.5 Å². The highest BCUT2D eigenvalue weighted by Gasteiger charge is 2.32. The van der Waals surface area contributed by atoms with Gasteiger partial charge in [-0.1, -0.05) is 36.4 Å². The maximum atomic E-state index is 15.5. The van der Waals surface area contributed by atoms with Crippen LogP contribution in [0.4, 0.5) is 13.2 Å². The third-order valence-electron chi connectivity index (χ3n) is 7.27. The number of rotatable bonds is 9. The Morgan fingerprint density at radius 2 is 1.60 bits per heavy atom. The summed E-state index contributed by atoms with van der Waals surface area (Å²) >= 11 is 1.47. The molecule has 0 aliphatic carbocycles. The van der Waals surface area contributed by atoms with Crippen molar-refractivity contribution in [3.05, 3.63) is 111 Å². The minimum Gasteiger partial charge on any atom is -0.496 e. The van der Waals surface area contributed by atoms with Gasteiger partial charge in [0.15, 0.2) is 11.6 Å². The van der Waals surface area contributed by atoms with Gasteiger partial charge >= 0.3 is 0 Å². The standard InChI is InChI=1S/C31H29F3N2O3S/c1-18-22(14-23-24(32)10-7-11-25(23)33)31-36(30(37)28(18)21-9-6-13-27(39-3)29(21)34)20(17-40-31)16-35-15-19-8-4-5-12-26(19)38-2/h4-13,20,35H,14-17H2,1-3H3. The molecule has 4 aromatic rings. The van der Waals surface area contributed by atoms with Gasteiger partial charge in [-0.3, -0.25) is 9.36 Å². The lowest BCUT2D eigenvalue weighted by atomic mass is 9.94. The molecule has 1 aliphatic heterocycles. The van der Waals surface area contributed by atoms with Gasteiger partial charge in [-0.2, -0.15) is 0 Å². The van der Waals surface area contributed by atoms with E-state index in [-0.39, 0.29) is 40.5 Å². The largest absolute Gasteiger partial charge is 0.496 e. The Kier molecular flexibility index (Phi) is 8.23. The quantitative estimate of drug-likeness (QED) is 0.258. The van der Waals surface area contributed by atoms with Gasteiger partial charge in [0.25, 0.3) is 5.56 Å². The number of fused-ring (bicyclic) bond motifs is 1. The number of nitrogens with one attached hydrogen (secondary N) is 1. The minimum atomic E-state index is -0.670. The Morgan fingerprint density at radius 1 is 0.925 bits per heavy atom. The van der Waals surface area contributed by atoms with E-state index in [1.54, 1.807) is 24.7 Å². The zero-order valence-electron chi connectivity index (χ0n) is 22.4. The van der Waals surface area contributed by atoms with Crippen molar-refractivity contribution in [3.63, 3.8) is 0 Å². The van der Waals surface area contributed by atoms with Crippen molar-refractivity contribution in [2.75, 3.05) is 26.5 Å². The van der Waals surface area contributed by atoms with Gasteiger partial charge in [0.1, 0.15) is 17.4 Å². The predicted octanol–water partition coefficient (Wildman–Crippen LogP) is 6.29. The van der Waals surface area contributed by atoms with Gasteiger partial charge in [0, 0.05) is 42.0 Å². The molecule has 1 unspecified atom stereocenters. The van der Waals surface area contributed by atoms with Crippen molar-refractivity contribution in [2.24, 2.45) is 0 Å². The normalized spacial score (nSPS) is 14.3. The van der Waals surface area contributed by atoms with Crippen LogP contribution in [0.15, 0.2) is 70.5 Å². The zero-order valence-corrected chi connectivity index (χ0v) is 23.2. The van der Waals surface area contributed by atoms with E-state index in [1.165, 1.54) is 49.2 Å². The molecule has 208 valence electrons. The molecule has 1 atom stereocenters. The summed E-state index contributed by atoms with van der Waals surface area (Å²) in [6, 6.07) is 15.8. The molecule has 0 saturated heterocycles. The molecular weight excluding hydrogens is 537 g/mol. The molecule has 0 saturated carbocycles. The maximum absolute atomic E-state index is 15.5. The number of benzene rings is 3. The Labute approximate surface area is 235 Å². The molecule has 0 fully saturated rings. The third-order valence-corrected chi connectivity index (χ3v) is 8.54. The van der Waals surface area contributed by atoms with Gasteiger partial charge in [-0.25, -0.2) is 13.2 Å². The van der Waals surface area contributed by atoms with Crippen LogP contribution < -0.4 is 20.3 Å². The molecule has 1 aromatic heterocycles. The molecule has 0 bridgehead atoms. The SMILES string of the molecule is COc1ccccc1CNCC1CSc2c(Cc3c(F)cccc3F)c(C)c(-c3cccc(OC)c3F)c(=O)n21. The highest BCUT2D eigenvalue weighted by molar-refractivity contribution is 7.99. The van der Waals surface area contributed by atoms with Gasteiger partial charge in [-0.05, 0) is 42.3 Å². The van der Waals surface area contributed by atoms with Crippen LogP contribution in [-0.4, -0.2) is 31.1 Å². The lowest BCUT2D eigenvalue weighted by Gasteiger charge is -2.21. The molecule has 0 radical (unpaired) electrons. The minimum absolute atomic E-state index is 0.00731. The molecule has 2 heterocycles. The van der Waals surface area contributed by atoms with E-state index < -0.39 is 17.5 Å². The lowest BCUT2D eigenvalue weighted by Crippen LogP contribution is -2.33. The van der Waals surface area contributed by atoms with E-state index in [1.807, 2.05) is 24.3 Å². The van der Waals surface area contributed by atoms with E-state index in [9.17, 15) is 13.6 Å². The summed E-state index contributed by atoms with van der Waals surface area (Å²) in [5, 5.41) is 4.05. The first-order valence-corrected chi connectivity index (χ1v) is 13.8. The summed E-state index contributed by atoms with van der Waals surface area (Å²) in [6.45, 7) is 2.68. The number of hydrogen-bond acceptors (Lipinski definition) is 5. The smallest absolute Gasteiger partial charge is 0.260 e. The van der Waals surface area contributed by atoms with Crippen LogP contribution in [0.3, 0.4) is 0 Å². The summed E-state index contributed by atoms with van der Waals surface area (Å²) in [7, 11) is 2.97. The molecule has 40 heavy (non-hydrogen) atoms. The van der Waals surface area contributed by atoms with Crippen LogP contribution >= 0.6 is 11.8 Å². The molecule has 1 N–H and O–H groups in total. The van der Waals surface area contributed by atoms with Gasteiger partial charge < -0.3 is 14.8 Å². The zero-order chi connectivity index (χ0) is 28.4. The van der Waals surface area contributed by atoms with E-state index in [0.29, 0.717) is 35.0 Å². The van der Waals surface area contributed by atoms with E-state index in [4.69, 9.17) is 9.47 Å². The Hall–Kier alpha value is -3.69. The second kappa shape index (κ2) is 11.8. The van der Waals surface area contributed by atoms with Gasteiger partial charge in [-0.15, -0.1) is 11.8 Å². The number of thioether (sulfide) groups is 1. The average Bonchev–Trinajstić information content (AvgIpc) is 3.37. The highest BCUT2D eigenvalue weighted by Crippen LogP contribution is 2.40. The van der Waals surface area contributed by atoms with Crippen LogP contribution in [-0.2, 0) is 13.0 Å². The fourth-order valence-electron chi connectivity index (χ4n) is 5.21. The first-order valence-electron chi connectivity index (χ1n) is 12.8. The molecule has 5 rings (SSSR count). The number of hydrogen-bond donors (Lipinski definition) is 1. The first-order chi connectivity index (χ1) is 19.3. The lowest BCUT2D eigenvalue weighted by molar-refractivity contribution is 0.387. The van der Waals surface area contributed by atoms with Crippen LogP contribution in [0.1, 0.15) is 28.3 Å². The maximum Gasteiger partial charge on any atom is 0.260 e. The summed E-state index contributed by atoms with van der Waals surface area (Å²) < 4.78 is 57.2. The predicted molar refractivity (Wildman–Crippen MR) is 151 cm³/mol. The van der Waals surface area contributed by atoms with Crippen molar-refractivity contribution >= 4 is 11.8 Å². The number of aromatic nitrogens is 1. The van der Waals surface area contributed by atoms with Crippen molar-refractivity contribution in [2.45, 2.75) is 31.0 Å². The summed E-state index contributed by atoms with van der Waals surface area (Å²) in [4.78, 5) is 14.1. The second-order valence-corrected chi connectivity index (χ2v) is 10.6. The van der Waals surface area contributed by atoms with E-state index in [2.05, 4.69) is 5.32 Å². The number of pyridine rings is 1. The van der Waals surface area contributed by atoms with E-state index >= 15 is 4.39 Å². The van der Waals surface area contributed by atoms with E-state index in [0.717, 1.165) is 11.3 Å². The second-order valence-electron chi connectivity index (χ2n) is 9.57. The van der Waals surface area contributed by atoms with Crippen LogP contribution in [0.25, 0.3) is 11.1 Å². The first kappa shape index (κ1) is 27.9. The fraction of sp³-hybridized carbons (Fsp3) is 0.258. The van der Waals surface area contributed by atoms with Crippen molar-refractivity contribution in [3.8, 4) is 22.6 Å². The highest BCUT2D eigenvalue weighted by atomic mass is 32.2. The average molecular weight is 567 g/mol.